The monoisotopic (exact) mass is 455 g/mol. The first-order valence-electron chi connectivity index (χ1n) is 10.4. The Morgan fingerprint density at radius 1 is 1.10 bits per heavy atom. The van der Waals surface area contributed by atoms with Crippen molar-refractivity contribution in [1.29, 1.82) is 0 Å². The molecule has 162 valence electrons. The summed E-state index contributed by atoms with van der Waals surface area (Å²) in [5.41, 5.74) is 2.12. The molecule has 1 saturated heterocycles. The van der Waals surface area contributed by atoms with E-state index in [0.29, 0.717) is 6.54 Å². The normalized spacial score (nSPS) is 15.1. The summed E-state index contributed by atoms with van der Waals surface area (Å²) in [6.07, 6.45) is 0. The standard InChI is InChI=1S/C22H25N5O2S2/c1-13-14(2)31-22-20(13)21(25-19(26-22)11-27-6-8-28-9-7-27)23-10-16-4-5-18(29-16)17-12-30-15(3)24-17/h4-5,12H,6-11H2,1-3H3,(H,23,25,26). The first kappa shape index (κ1) is 20.6. The van der Waals surface area contributed by atoms with Crippen molar-refractivity contribution in [3.8, 4) is 11.5 Å². The van der Waals surface area contributed by atoms with Crippen LogP contribution in [0.1, 0.15) is 27.0 Å². The first-order valence-corrected chi connectivity index (χ1v) is 12.1. The van der Waals surface area contributed by atoms with Gasteiger partial charge in [0.2, 0.25) is 0 Å². The molecular formula is C22H25N5O2S2. The van der Waals surface area contributed by atoms with E-state index in [0.717, 1.165) is 76.9 Å². The maximum atomic E-state index is 6.02. The van der Waals surface area contributed by atoms with Gasteiger partial charge in [-0.2, -0.15) is 0 Å². The van der Waals surface area contributed by atoms with Gasteiger partial charge in [0, 0.05) is 23.3 Å². The number of thiazole rings is 1. The van der Waals surface area contributed by atoms with Gasteiger partial charge in [0.1, 0.15) is 27.9 Å². The molecule has 0 unspecified atom stereocenters. The van der Waals surface area contributed by atoms with Crippen LogP contribution in [-0.4, -0.2) is 46.2 Å². The van der Waals surface area contributed by atoms with Crippen LogP contribution in [0.4, 0.5) is 5.82 Å². The minimum Gasteiger partial charge on any atom is -0.458 e. The van der Waals surface area contributed by atoms with Gasteiger partial charge in [0.25, 0.3) is 0 Å². The van der Waals surface area contributed by atoms with E-state index in [-0.39, 0.29) is 0 Å². The highest BCUT2D eigenvalue weighted by atomic mass is 32.1. The van der Waals surface area contributed by atoms with Gasteiger partial charge < -0.3 is 14.5 Å². The van der Waals surface area contributed by atoms with E-state index in [1.54, 1.807) is 22.7 Å². The Labute approximate surface area is 189 Å². The van der Waals surface area contributed by atoms with E-state index in [9.17, 15) is 0 Å². The second-order valence-corrected chi connectivity index (χ2v) is 9.98. The molecule has 0 spiro atoms. The third-order valence-corrected chi connectivity index (χ3v) is 7.38. The Balaban J connectivity index is 1.39. The molecule has 0 aromatic carbocycles. The van der Waals surface area contributed by atoms with Crippen LogP contribution in [-0.2, 0) is 17.8 Å². The first-order chi connectivity index (χ1) is 15.1. The van der Waals surface area contributed by atoms with Gasteiger partial charge in [0.15, 0.2) is 5.76 Å². The Morgan fingerprint density at radius 3 is 2.71 bits per heavy atom. The largest absolute Gasteiger partial charge is 0.458 e. The highest BCUT2D eigenvalue weighted by Crippen LogP contribution is 2.34. The van der Waals surface area contributed by atoms with Crippen molar-refractivity contribution in [1.82, 2.24) is 19.9 Å². The van der Waals surface area contributed by atoms with Gasteiger partial charge in [-0.15, -0.1) is 22.7 Å². The van der Waals surface area contributed by atoms with Crippen molar-refractivity contribution in [3.05, 3.63) is 44.5 Å². The SMILES string of the molecule is Cc1nc(-c2ccc(CNc3nc(CN4CCOCC4)nc4sc(C)c(C)c34)o2)cs1. The third kappa shape index (κ3) is 4.36. The molecule has 4 aromatic heterocycles. The Hall–Kier alpha value is -2.33. The molecule has 0 bridgehead atoms. The predicted molar refractivity (Wildman–Crippen MR) is 125 cm³/mol. The van der Waals surface area contributed by atoms with Crippen LogP contribution < -0.4 is 5.32 Å². The van der Waals surface area contributed by atoms with Gasteiger partial charge in [-0.25, -0.2) is 15.0 Å². The maximum absolute atomic E-state index is 6.02. The molecule has 1 fully saturated rings. The van der Waals surface area contributed by atoms with Crippen LogP contribution in [0.2, 0.25) is 0 Å². The fourth-order valence-corrected chi connectivity index (χ4v) is 5.36. The summed E-state index contributed by atoms with van der Waals surface area (Å²) in [7, 11) is 0. The predicted octanol–water partition coefficient (Wildman–Crippen LogP) is 4.78. The number of thiophene rings is 1. The lowest BCUT2D eigenvalue weighted by atomic mass is 10.2. The molecule has 1 N–H and O–H groups in total. The molecular weight excluding hydrogens is 430 g/mol. The molecule has 0 aliphatic carbocycles. The Morgan fingerprint density at radius 2 is 1.94 bits per heavy atom. The molecule has 31 heavy (non-hydrogen) atoms. The quantitative estimate of drug-likeness (QED) is 0.448. The molecule has 4 aromatic rings. The lowest BCUT2D eigenvalue weighted by Gasteiger charge is -2.25. The van der Waals surface area contributed by atoms with E-state index in [1.165, 1.54) is 10.4 Å². The number of aromatic nitrogens is 3. The molecule has 0 saturated carbocycles. The zero-order valence-corrected chi connectivity index (χ0v) is 19.5. The number of furan rings is 1. The molecule has 5 heterocycles. The van der Waals surface area contributed by atoms with Crippen LogP contribution in [0.3, 0.4) is 0 Å². The van der Waals surface area contributed by atoms with Crippen LogP contribution >= 0.6 is 22.7 Å². The van der Waals surface area contributed by atoms with Crippen molar-refractivity contribution in [2.45, 2.75) is 33.9 Å². The molecule has 0 atom stereocenters. The highest BCUT2D eigenvalue weighted by molar-refractivity contribution is 7.18. The van der Waals surface area contributed by atoms with Crippen molar-refractivity contribution >= 4 is 38.7 Å². The number of hydrogen-bond acceptors (Lipinski definition) is 9. The average molecular weight is 456 g/mol. The Kier molecular flexibility index (Phi) is 5.75. The van der Waals surface area contributed by atoms with E-state index in [4.69, 9.17) is 19.1 Å². The number of nitrogens with one attached hydrogen (secondary N) is 1. The van der Waals surface area contributed by atoms with Gasteiger partial charge in [-0.1, -0.05) is 0 Å². The van der Waals surface area contributed by atoms with Crippen molar-refractivity contribution < 1.29 is 9.15 Å². The summed E-state index contributed by atoms with van der Waals surface area (Å²) in [5.74, 6) is 3.37. The van der Waals surface area contributed by atoms with Crippen LogP contribution in [0.25, 0.3) is 21.7 Å². The number of rotatable bonds is 6. The van der Waals surface area contributed by atoms with Gasteiger partial charge in [-0.05, 0) is 38.5 Å². The van der Waals surface area contributed by atoms with Crippen molar-refractivity contribution in [2.24, 2.45) is 0 Å². The maximum Gasteiger partial charge on any atom is 0.153 e. The number of nitrogens with zero attached hydrogens (tertiary/aromatic N) is 4. The summed E-state index contributed by atoms with van der Waals surface area (Å²) in [6.45, 7) is 10.9. The highest BCUT2D eigenvalue weighted by Gasteiger charge is 2.18. The third-order valence-electron chi connectivity index (χ3n) is 5.51. The van der Waals surface area contributed by atoms with Crippen LogP contribution in [0.5, 0.6) is 0 Å². The van der Waals surface area contributed by atoms with Gasteiger partial charge >= 0.3 is 0 Å². The minimum absolute atomic E-state index is 0.556. The van der Waals surface area contributed by atoms with Crippen LogP contribution in [0.15, 0.2) is 21.9 Å². The summed E-state index contributed by atoms with van der Waals surface area (Å²) in [6, 6.07) is 3.97. The fourth-order valence-electron chi connectivity index (χ4n) is 3.71. The number of ether oxygens (including phenoxy) is 1. The molecule has 0 radical (unpaired) electrons. The van der Waals surface area contributed by atoms with E-state index in [2.05, 4.69) is 29.0 Å². The minimum atomic E-state index is 0.556. The summed E-state index contributed by atoms with van der Waals surface area (Å²) >= 11 is 3.36. The number of aryl methyl sites for hydroxylation is 3. The van der Waals surface area contributed by atoms with Gasteiger partial charge in [0.05, 0.1) is 36.7 Å². The number of hydrogen-bond donors (Lipinski definition) is 1. The van der Waals surface area contributed by atoms with E-state index < -0.39 is 0 Å². The number of fused-ring (bicyclic) bond motifs is 1. The molecule has 5 rings (SSSR count). The fraction of sp³-hybridized carbons (Fsp3) is 0.409. The zero-order chi connectivity index (χ0) is 21.4. The topological polar surface area (TPSA) is 76.3 Å². The molecule has 9 heteroatoms. The molecule has 0 amide bonds. The van der Waals surface area contributed by atoms with E-state index in [1.807, 2.05) is 24.4 Å². The van der Waals surface area contributed by atoms with Gasteiger partial charge in [-0.3, -0.25) is 4.90 Å². The average Bonchev–Trinajstić information content (AvgIpc) is 3.47. The van der Waals surface area contributed by atoms with E-state index >= 15 is 0 Å². The smallest absolute Gasteiger partial charge is 0.153 e. The second kappa shape index (κ2) is 8.66. The molecule has 1 aliphatic heterocycles. The van der Waals surface area contributed by atoms with Crippen molar-refractivity contribution in [3.63, 3.8) is 0 Å². The molecule has 7 nitrogen and oxygen atoms in total. The Bertz CT molecular complexity index is 1210. The van der Waals surface area contributed by atoms with Crippen molar-refractivity contribution in [2.75, 3.05) is 31.6 Å². The summed E-state index contributed by atoms with van der Waals surface area (Å²) < 4.78 is 11.5. The molecule has 1 aliphatic rings. The summed E-state index contributed by atoms with van der Waals surface area (Å²) in [4.78, 5) is 18.9. The summed E-state index contributed by atoms with van der Waals surface area (Å²) in [5, 5.41) is 7.67. The van der Waals surface area contributed by atoms with Crippen LogP contribution in [0, 0.1) is 20.8 Å². The zero-order valence-electron chi connectivity index (χ0n) is 17.9. The lowest BCUT2D eigenvalue weighted by molar-refractivity contribution is 0.0331. The number of morpholine rings is 1. The second-order valence-electron chi connectivity index (χ2n) is 7.71. The number of anilines is 1. The lowest BCUT2D eigenvalue weighted by Crippen LogP contribution is -2.36.